The predicted octanol–water partition coefficient (Wildman–Crippen LogP) is 1.85. The number of nitrogens with two attached hydrogens (primary N) is 1. The number of piperidine rings is 1. The molecule has 0 aliphatic carbocycles. The Morgan fingerprint density at radius 3 is 2.58 bits per heavy atom. The smallest absolute Gasteiger partial charge is 0.141 e. The molecule has 1 heterocycles. The average molecular weight is 262 g/mol. The van der Waals surface area contributed by atoms with Crippen LogP contribution in [0.4, 0.5) is 0 Å². The fourth-order valence-electron chi connectivity index (χ4n) is 2.42. The maximum atomic E-state index is 8.76. The second-order valence-electron chi connectivity index (χ2n) is 4.94. The van der Waals surface area contributed by atoms with Crippen molar-refractivity contribution in [3.63, 3.8) is 0 Å². The Bertz CT molecular complexity index is 401. The van der Waals surface area contributed by atoms with Gasteiger partial charge >= 0.3 is 0 Å². The van der Waals surface area contributed by atoms with E-state index < -0.39 is 0 Å². The second kappa shape index (κ2) is 7.11. The van der Waals surface area contributed by atoms with Crippen LogP contribution in [0.1, 0.15) is 37.3 Å². The van der Waals surface area contributed by atoms with E-state index in [-0.39, 0.29) is 11.9 Å². The first kappa shape index (κ1) is 13.8. The lowest BCUT2D eigenvalue weighted by Crippen LogP contribution is -2.44. The molecule has 0 radical (unpaired) electrons. The maximum Gasteiger partial charge on any atom is 0.141 e. The molecule has 2 rings (SSSR count). The zero-order valence-corrected chi connectivity index (χ0v) is 11.1. The lowest BCUT2D eigenvalue weighted by molar-refractivity contribution is 0.129. The van der Waals surface area contributed by atoms with Crippen LogP contribution in [0.15, 0.2) is 35.5 Å². The first-order chi connectivity index (χ1) is 9.29. The molecular weight excluding hydrogens is 240 g/mol. The molecule has 5 heteroatoms. The lowest BCUT2D eigenvalue weighted by Gasteiger charge is -2.31. The van der Waals surface area contributed by atoms with E-state index in [0.717, 1.165) is 18.7 Å². The van der Waals surface area contributed by atoms with Crippen LogP contribution < -0.4 is 11.2 Å². The van der Waals surface area contributed by atoms with Gasteiger partial charge in [-0.2, -0.15) is 0 Å². The summed E-state index contributed by atoms with van der Waals surface area (Å²) < 4.78 is 0. The van der Waals surface area contributed by atoms with Gasteiger partial charge in [0, 0.05) is 19.5 Å². The van der Waals surface area contributed by atoms with Crippen LogP contribution in [0, 0.1) is 0 Å². The molecule has 0 spiro atoms. The van der Waals surface area contributed by atoms with Gasteiger partial charge in [0.25, 0.3) is 0 Å². The SMILES string of the molecule is N/C(CC(NN1CCCCC1)c1ccccc1)=N/O. The minimum Gasteiger partial charge on any atom is -0.409 e. The number of hydrogen-bond acceptors (Lipinski definition) is 4. The zero-order chi connectivity index (χ0) is 13.5. The Morgan fingerprint density at radius 1 is 1.26 bits per heavy atom. The highest BCUT2D eigenvalue weighted by Gasteiger charge is 2.18. The molecule has 1 aromatic carbocycles. The van der Waals surface area contributed by atoms with Gasteiger partial charge in [-0.1, -0.05) is 41.9 Å². The van der Waals surface area contributed by atoms with Gasteiger partial charge < -0.3 is 10.9 Å². The van der Waals surface area contributed by atoms with Crippen molar-refractivity contribution >= 4 is 5.84 Å². The summed E-state index contributed by atoms with van der Waals surface area (Å²) in [5.74, 6) is 0.248. The first-order valence-electron chi connectivity index (χ1n) is 6.82. The minimum absolute atomic E-state index is 0.0511. The molecule has 1 fully saturated rings. The monoisotopic (exact) mass is 262 g/mol. The third kappa shape index (κ3) is 4.22. The van der Waals surface area contributed by atoms with Crippen molar-refractivity contribution in [2.24, 2.45) is 10.9 Å². The standard InChI is InChI=1S/C14H22N4O/c15-14(17-19)11-13(12-7-3-1-4-8-12)16-18-9-5-2-6-10-18/h1,3-4,7-8,13,16,19H,2,5-6,9-11H2,(H2,15,17). The number of rotatable bonds is 5. The van der Waals surface area contributed by atoms with Gasteiger partial charge in [0.05, 0.1) is 6.04 Å². The fourth-order valence-corrected chi connectivity index (χ4v) is 2.42. The Kier molecular flexibility index (Phi) is 5.18. The molecule has 1 unspecified atom stereocenters. The van der Waals surface area contributed by atoms with E-state index in [9.17, 15) is 0 Å². The van der Waals surface area contributed by atoms with E-state index in [1.165, 1.54) is 19.3 Å². The Balaban J connectivity index is 2.05. The highest BCUT2D eigenvalue weighted by Crippen LogP contribution is 2.18. The fraction of sp³-hybridized carbons (Fsp3) is 0.500. The van der Waals surface area contributed by atoms with Crippen molar-refractivity contribution in [2.75, 3.05) is 13.1 Å². The number of amidine groups is 1. The van der Waals surface area contributed by atoms with Crippen LogP contribution in [0.2, 0.25) is 0 Å². The zero-order valence-electron chi connectivity index (χ0n) is 11.1. The normalized spacial score (nSPS) is 19.3. The van der Waals surface area contributed by atoms with Crippen molar-refractivity contribution in [3.8, 4) is 0 Å². The topological polar surface area (TPSA) is 73.9 Å². The average Bonchev–Trinajstić information content (AvgIpc) is 2.48. The quantitative estimate of drug-likeness (QED) is 0.328. The lowest BCUT2D eigenvalue weighted by atomic mass is 10.0. The van der Waals surface area contributed by atoms with Crippen LogP contribution in [0.3, 0.4) is 0 Å². The molecule has 1 aliphatic rings. The summed E-state index contributed by atoms with van der Waals surface area (Å²) in [4.78, 5) is 0. The molecule has 5 nitrogen and oxygen atoms in total. The largest absolute Gasteiger partial charge is 0.409 e. The van der Waals surface area contributed by atoms with E-state index in [0.29, 0.717) is 6.42 Å². The van der Waals surface area contributed by atoms with E-state index in [1.54, 1.807) is 0 Å². The Hall–Kier alpha value is -1.59. The summed E-state index contributed by atoms with van der Waals surface area (Å²) in [6.45, 7) is 2.11. The van der Waals surface area contributed by atoms with E-state index in [4.69, 9.17) is 10.9 Å². The number of hydrazine groups is 1. The molecule has 0 bridgehead atoms. The van der Waals surface area contributed by atoms with Crippen LogP contribution in [-0.4, -0.2) is 29.1 Å². The summed E-state index contributed by atoms with van der Waals surface area (Å²) in [6.07, 6.45) is 4.24. The molecule has 1 saturated heterocycles. The summed E-state index contributed by atoms with van der Waals surface area (Å²) >= 11 is 0. The van der Waals surface area contributed by atoms with E-state index in [1.807, 2.05) is 18.2 Å². The third-order valence-corrected chi connectivity index (χ3v) is 3.44. The Labute approximate surface area is 114 Å². The van der Waals surface area contributed by atoms with Crippen molar-refractivity contribution in [3.05, 3.63) is 35.9 Å². The van der Waals surface area contributed by atoms with Gasteiger partial charge in [-0.25, -0.2) is 10.4 Å². The molecule has 1 atom stereocenters. The number of benzene rings is 1. The summed E-state index contributed by atoms with van der Waals surface area (Å²) in [6, 6.07) is 10.2. The predicted molar refractivity (Wildman–Crippen MR) is 75.8 cm³/mol. The van der Waals surface area contributed by atoms with Crippen LogP contribution in [0.5, 0.6) is 0 Å². The minimum atomic E-state index is 0.0511. The Morgan fingerprint density at radius 2 is 1.95 bits per heavy atom. The molecule has 0 amide bonds. The third-order valence-electron chi connectivity index (χ3n) is 3.44. The van der Waals surface area contributed by atoms with E-state index in [2.05, 4.69) is 27.7 Å². The van der Waals surface area contributed by atoms with Crippen LogP contribution in [-0.2, 0) is 0 Å². The molecule has 0 saturated carbocycles. The molecule has 4 N–H and O–H groups in total. The molecule has 104 valence electrons. The second-order valence-corrected chi connectivity index (χ2v) is 4.94. The highest BCUT2D eigenvalue weighted by molar-refractivity contribution is 5.80. The summed E-state index contributed by atoms with van der Waals surface area (Å²) in [5, 5.41) is 14.1. The summed E-state index contributed by atoms with van der Waals surface area (Å²) in [7, 11) is 0. The van der Waals surface area contributed by atoms with Gasteiger partial charge in [0.1, 0.15) is 5.84 Å². The van der Waals surface area contributed by atoms with Crippen LogP contribution >= 0.6 is 0 Å². The van der Waals surface area contributed by atoms with E-state index >= 15 is 0 Å². The van der Waals surface area contributed by atoms with Crippen molar-refractivity contribution in [1.82, 2.24) is 10.4 Å². The van der Waals surface area contributed by atoms with Gasteiger partial charge in [-0.15, -0.1) is 0 Å². The van der Waals surface area contributed by atoms with Crippen molar-refractivity contribution < 1.29 is 5.21 Å². The number of nitrogens with one attached hydrogen (secondary N) is 1. The van der Waals surface area contributed by atoms with Crippen LogP contribution in [0.25, 0.3) is 0 Å². The number of nitrogens with zero attached hydrogens (tertiary/aromatic N) is 2. The molecule has 19 heavy (non-hydrogen) atoms. The maximum absolute atomic E-state index is 8.76. The van der Waals surface area contributed by atoms with Crippen molar-refractivity contribution in [1.29, 1.82) is 0 Å². The van der Waals surface area contributed by atoms with Crippen molar-refractivity contribution in [2.45, 2.75) is 31.7 Å². The number of hydrogen-bond donors (Lipinski definition) is 3. The highest BCUT2D eigenvalue weighted by atomic mass is 16.4. The van der Waals surface area contributed by atoms with Gasteiger partial charge in [-0.3, -0.25) is 0 Å². The number of oxime groups is 1. The van der Waals surface area contributed by atoms with Gasteiger partial charge in [0.15, 0.2) is 0 Å². The van der Waals surface area contributed by atoms with Gasteiger partial charge in [0.2, 0.25) is 0 Å². The first-order valence-corrected chi connectivity index (χ1v) is 6.82. The van der Waals surface area contributed by atoms with Gasteiger partial charge in [-0.05, 0) is 18.4 Å². The molecular formula is C14H22N4O. The molecule has 0 aromatic heterocycles. The summed E-state index contributed by atoms with van der Waals surface area (Å²) in [5.41, 5.74) is 10.3. The molecule has 1 aliphatic heterocycles. The molecule has 1 aromatic rings.